The smallest absolute Gasteiger partial charge is 0.146 e. The minimum Gasteiger partial charge on any atom is -0.487 e. The van der Waals surface area contributed by atoms with Crippen molar-refractivity contribution in [2.75, 3.05) is 0 Å². The first kappa shape index (κ1) is 15.4. The zero-order chi connectivity index (χ0) is 17.1. The third kappa shape index (κ3) is 3.38. The predicted molar refractivity (Wildman–Crippen MR) is 103 cm³/mol. The highest BCUT2D eigenvalue weighted by atomic mass is 16.5. The summed E-state index contributed by atoms with van der Waals surface area (Å²) in [6.45, 7) is 2.52. The lowest BCUT2D eigenvalue weighted by Crippen LogP contribution is -1.97. The monoisotopic (exact) mass is 325 g/mol. The number of fused-ring (bicyclic) bond motifs is 1. The van der Waals surface area contributed by atoms with Gasteiger partial charge in [-0.15, -0.1) is 0 Å². The van der Waals surface area contributed by atoms with Crippen LogP contribution in [0.2, 0.25) is 0 Å². The summed E-state index contributed by atoms with van der Waals surface area (Å²) in [6, 6.07) is 29.0. The molecule has 4 rings (SSSR count). The zero-order valence-corrected chi connectivity index (χ0v) is 14.1. The molecule has 0 radical (unpaired) electrons. The van der Waals surface area contributed by atoms with Crippen LogP contribution in [-0.2, 0) is 6.61 Å². The van der Waals surface area contributed by atoms with Crippen LogP contribution in [-0.4, -0.2) is 4.98 Å². The normalized spacial score (nSPS) is 10.8. The summed E-state index contributed by atoms with van der Waals surface area (Å²) in [4.78, 5) is 4.63. The number of nitrogens with zero attached hydrogens (tertiary/aromatic N) is 1. The van der Waals surface area contributed by atoms with Crippen LogP contribution in [0.3, 0.4) is 0 Å². The van der Waals surface area contributed by atoms with Gasteiger partial charge in [-0.3, -0.25) is 0 Å². The first-order valence-corrected chi connectivity index (χ1v) is 8.43. The fourth-order valence-electron chi connectivity index (χ4n) is 2.97. The molecule has 2 heteroatoms. The van der Waals surface area contributed by atoms with Crippen LogP contribution in [0.5, 0.6) is 5.75 Å². The minimum absolute atomic E-state index is 0.523. The molecule has 25 heavy (non-hydrogen) atoms. The van der Waals surface area contributed by atoms with Gasteiger partial charge in [-0.25, -0.2) is 4.98 Å². The van der Waals surface area contributed by atoms with Gasteiger partial charge in [0.05, 0.1) is 0 Å². The molecule has 0 spiro atoms. The third-order valence-electron chi connectivity index (χ3n) is 4.25. The van der Waals surface area contributed by atoms with Gasteiger partial charge in [0.15, 0.2) is 0 Å². The molecule has 0 amide bonds. The minimum atomic E-state index is 0.523. The molecule has 3 aromatic carbocycles. The quantitative estimate of drug-likeness (QED) is 0.474. The number of hydrogen-bond acceptors (Lipinski definition) is 2. The van der Waals surface area contributed by atoms with Gasteiger partial charge in [-0.05, 0) is 41.8 Å². The van der Waals surface area contributed by atoms with Crippen molar-refractivity contribution in [3.05, 3.63) is 96.2 Å². The van der Waals surface area contributed by atoms with E-state index < -0.39 is 0 Å². The Morgan fingerprint density at radius 3 is 2.44 bits per heavy atom. The average molecular weight is 325 g/mol. The fourth-order valence-corrected chi connectivity index (χ4v) is 2.97. The van der Waals surface area contributed by atoms with Crippen LogP contribution in [0.25, 0.3) is 22.0 Å². The van der Waals surface area contributed by atoms with Gasteiger partial charge in [0, 0.05) is 11.1 Å². The Kier molecular flexibility index (Phi) is 4.17. The van der Waals surface area contributed by atoms with Gasteiger partial charge in [0.2, 0.25) is 0 Å². The summed E-state index contributed by atoms with van der Waals surface area (Å²) in [7, 11) is 0. The van der Waals surface area contributed by atoms with Gasteiger partial charge in [-0.2, -0.15) is 0 Å². The molecule has 0 aliphatic carbocycles. The van der Waals surface area contributed by atoms with Gasteiger partial charge in [-0.1, -0.05) is 66.7 Å². The molecule has 0 aliphatic rings. The van der Waals surface area contributed by atoms with Crippen molar-refractivity contribution in [2.45, 2.75) is 13.5 Å². The predicted octanol–water partition coefficient (Wildman–Crippen LogP) is 5.79. The topological polar surface area (TPSA) is 22.1 Å². The SMILES string of the molecule is Cc1ccc2cccc(OCc3cccc(-c4ccccc4)c3)c2n1. The first-order chi connectivity index (χ1) is 12.3. The maximum atomic E-state index is 6.09. The molecule has 122 valence electrons. The largest absolute Gasteiger partial charge is 0.487 e. The standard InChI is InChI=1S/C23H19NO/c1-17-13-14-20-10-6-12-22(23(20)24-17)25-16-18-7-5-11-21(15-18)19-8-3-2-4-9-19/h2-15H,16H2,1H3. The molecule has 0 saturated heterocycles. The molecule has 2 nitrogen and oxygen atoms in total. The molecular weight excluding hydrogens is 306 g/mol. The number of aromatic nitrogens is 1. The number of ether oxygens (including phenoxy) is 1. The summed E-state index contributed by atoms with van der Waals surface area (Å²) >= 11 is 0. The summed E-state index contributed by atoms with van der Waals surface area (Å²) in [5.74, 6) is 0.825. The maximum absolute atomic E-state index is 6.09. The van der Waals surface area contributed by atoms with Crippen molar-refractivity contribution in [1.29, 1.82) is 0 Å². The number of benzene rings is 3. The van der Waals surface area contributed by atoms with Crippen molar-refractivity contribution in [3.8, 4) is 16.9 Å². The molecule has 1 heterocycles. The third-order valence-corrected chi connectivity index (χ3v) is 4.25. The fraction of sp³-hybridized carbons (Fsp3) is 0.0870. The number of aryl methyl sites for hydroxylation is 1. The molecule has 0 bridgehead atoms. The van der Waals surface area contributed by atoms with Crippen LogP contribution >= 0.6 is 0 Å². The lowest BCUT2D eigenvalue weighted by atomic mass is 10.0. The number of para-hydroxylation sites is 1. The lowest BCUT2D eigenvalue weighted by molar-refractivity contribution is 0.309. The van der Waals surface area contributed by atoms with E-state index in [1.165, 1.54) is 11.1 Å². The summed E-state index contributed by atoms with van der Waals surface area (Å²) in [5, 5.41) is 1.10. The molecule has 0 saturated carbocycles. The van der Waals surface area contributed by atoms with E-state index in [0.717, 1.165) is 27.9 Å². The number of rotatable bonds is 4. The first-order valence-electron chi connectivity index (χ1n) is 8.43. The highest BCUT2D eigenvalue weighted by molar-refractivity contribution is 5.84. The summed E-state index contributed by atoms with van der Waals surface area (Å²) in [5.41, 5.74) is 5.47. The number of pyridine rings is 1. The molecule has 0 atom stereocenters. The van der Waals surface area contributed by atoms with Crippen LogP contribution in [0.4, 0.5) is 0 Å². The Morgan fingerprint density at radius 1 is 0.760 bits per heavy atom. The molecule has 4 aromatic rings. The van der Waals surface area contributed by atoms with Crippen molar-refractivity contribution in [2.24, 2.45) is 0 Å². The maximum Gasteiger partial charge on any atom is 0.146 e. The summed E-state index contributed by atoms with van der Waals surface area (Å²) < 4.78 is 6.09. The molecular formula is C23H19NO. The molecule has 0 aliphatic heterocycles. The van der Waals surface area contributed by atoms with Crippen LogP contribution in [0, 0.1) is 6.92 Å². The van der Waals surface area contributed by atoms with Gasteiger partial charge < -0.3 is 4.74 Å². The second kappa shape index (κ2) is 6.78. The lowest BCUT2D eigenvalue weighted by Gasteiger charge is -2.10. The van der Waals surface area contributed by atoms with E-state index >= 15 is 0 Å². The van der Waals surface area contributed by atoms with Crippen molar-refractivity contribution in [3.63, 3.8) is 0 Å². The zero-order valence-electron chi connectivity index (χ0n) is 14.1. The van der Waals surface area contributed by atoms with Gasteiger partial charge in [0.25, 0.3) is 0 Å². The van der Waals surface area contributed by atoms with Crippen LogP contribution in [0.15, 0.2) is 84.9 Å². The summed E-state index contributed by atoms with van der Waals surface area (Å²) in [6.07, 6.45) is 0. The van der Waals surface area contributed by atoms with E-state index in [1.54, 1.807) is 0 Å². The molecule has 1 aromatic heterocycles. The van der Waals surface area contributed by atoms with Crippen molar-refractivity contribution < 1.29 is 4.74 Å². The Bertz CT molecular complexity index is 1010. The molecule has 0 unspecified atom stereocenters. The number of hydrogen-bond donors (Lipinski definition) is 0. The molecule has 0 fully saturated rings. The van der Waals surface area contributed by atoms with E-state index in [2.05, 4.69) is 65.6 Å². The Balaban J connectivity index is 1.59. The van der Waals surface area contributed by atoms with Crippen molar-refractivity contribution >= 4 is 10.9 Å². The van der Waals surface area contributed by atoms with Gasteiger partial charge >= 0.3 is 0 Å². The second-order valence-corrected chi connectivity index (χ2v) is 6.14. The van der Waals surface area contributed by atoms with E-state index in [9.17, 15) is 0 Å². The Hall–Kier alpha value is -3.13. The van der Waals surface area contributed by atoms with Crippen molar-refractivity contribution in [1.82, 2.24) is 4.98 Å². The highest BCUT2D eigenvalue weighted by Crippen LogP contribution is 2.26. The van der Waals surface area contributed by atoms with Crippen LogP contribution < -0.4 is 4.74 Å². The highest BCUT2D eigenvalue weighted by Gasteiger charge is 2.05. The average Bonchev–Trinajstić information content (AvgIpc) is 2.67. The Morgan fingerprint density at radius 2 is 1.56 bits per heavy atom. The van der Waals surface area contributed by atoms with E-state index in [1.807, 2.05) is 31.2 Å². The molecule has 0 N–H and O–H groups in total. The van der Waals surface area contributed by atoms with Gasteiger partial charge in [0.1, 0.15) is 17.9 Å². The second-order valence-electron chi connectivity index (χ2n) is 6.14. The van der Waals surface area contributed by atoms with E-state index in [-0.39, 0.29) is 0 Å². The van der Waals surface area contributed by atoms with E-state index in [4.69, 9.17) is 4.74 Å². The Labute approximate surface area is 147 Å². The van der Waals surface area contributed by atoms with Crippen LogP contribution in [0.1, 0.15) is 11.3 Å². The van der Waals surface area contributed by atoms with E-state index in [0.29, 0.717) is 6.61 Å².